The Morgan fingerprint density at radius 3 is 2.24 bits per heavy atom. The summed E-state index contributed by atoms with van der Waals surface area (Å²) in [6.07, 6.45) is 0. The lowest BCUT2D eigenvalue weighted by atomic mass is 10.1. The van der Waals surface area contributed by atoms with Crippen molar-refractivity contribution in [3.63, 3.8) is 0 Å². The number of piperazine rings is 1. The molecule has 0 atom stereocenters. The third kappa shape index (κ3) is 4.28. The minimum absolute atomic E-state index is 0.0893. The Morgan fingerprint density at radius 1 is 0.909 bits per heavy atom. The van der Waals surface area contributed by atoms with Gasteiger partial charge in [-0.15, -0.1) is 0 Å². The summed E-state index contributed by atoms with van der Waals surface area (Å²) < 4.78 is 36.3. The number of aromatic nitrogens is 2. The van der Waals surface area contributed by atoms with Crippen LogP contribution in [0.2, 0.25) is 0 Å². The molecule has 1 aliphatic heterocycles. The van der Waals surface area contributed by atoms with Crippen LogP contribution in [0, 0.1) is 13.8 Å². The van der Waals surface area contributed by atoms with Crippen molar-refractivity contribution in [3.05, 3.63) is 58.0 Å². The molecule has 9 nitrogen and oxygen atoms in total. The molecule has 4 rings (SSSR count). The number of fused-ring (bicyclic) bond motifs is 1. The van der Waals surface area contributed by atoms with Crippen molar-refractivity contribution in [2.24, 2.45) is 14.1 Å². The number of hydrogen-bond acceptors (Lipinski definition) is 5. The Morgan fingerprint density at radius 2 is 1.58 bits per heavy atom. The van der Waals surface area contributed by atoms with Crippen LogP contribution in [0.5, 0.6) is 5.75 Å². The molecule has 0 saturated carbocycles. The van der Waals surface area contributed by atoms with E-state index < -0.39 is 10.0 Å². The zero-order valence-electron chi connectivity index (χ0n) is 19.2. The third-order valence-electron chi connectivity index (χ3n) is 6.31. The lowest BCUT2D eigenvalue weighted by Crippen LogP contribution is -2.51. The van der Waals surface area contributed by atoms with Crippen LogP contribution in [-0.2, 0) is 28.9 Å². The van der Waals surface area contributed by atoms with E-state index in [2.05, 4.69) is 0 Å². The minimum Gasteiger partial charge on any atom is -0.484 e. The van der Waals surface area contributed by atoms with Crippen molar-refractivity contribution in [2.45, 2.75) is 18.7 Å². The van der Waals surface area contributed by atoms with Gasteiger partial charge in [0.05, 0.1) is 15.9 Å². The number of ether oxygens (including phenoxy) is 1. The number of sulfonamides is 1. The van der Waals surface area contributed by atoms with Crippen molar-refractivity contribution >= 4 is 27.0 Å². The summed E-state index contributed by atoms with van der Waals surface area (Å²) in [7, 11) is -0.480. The number of rotatable bonds is 5. The van der Waals surface area contributed by atoms with Crippen LogP contribution in [0.25, 0.3) is 11.0 Å². The summed E-state index contributed by atoms with van der Waals surface area (Å²) in [6, 6.07) is 10.4. The molecule has 1 fully saturated rings. The summed E-state index contributed by atoms with van der Waals surface area (Å²) in [5.41, 5.74) is 3.25. The maximum atomic E-state index is 13.2. The molecule has 2 aromatic carbocycles. The van der Waals surface area contributed by atoms with E-state index in [4.69, 9.17) is 4.74 Å². The Balaban J connectivity index is 1.41. The van der Waals surface area contributed by atoms with Crippen molar-refractivity contribution in [2.75, 3.05) is 32.8 Å². The smallest absolute Gasteiger partial charge is 0.328 e. The van der Waals surface area contributed by atoms with Crippen LogP contribution < -0.4 is 10.4 Å². The normalized spacial score (nSPS) is 15.2. The summed E-state index contributed by atoms with van der Waals surface area (Å²) in [6.45, 7) is 4.89. The fourth-order valence-electron chi connectivity index (χ4n) is 4.01. The number of nitrogens with zero attached hydrogens (tertiary/aromatic N) is 4. The molecule has 0 spiro atoms. The van der Waals surface area contributed by atoms with Gasteiger partial charge in [0, 0.05) is 40.3 Å². The van der Waals surface area contributed by atoms with Gasteiger partial charge in [-0.3, -0.25) is 13.9 Å². The summed E-state index contributed by atoms with van der Waals surface area (Å²) in [4.78, 5) is 26.5. The lowest BCUT2D eigenvalue weighted by molar-refractivity contribution is -0.134. The van der Waals surface area contributed by atoms with Gasteiger partial charge in [-0.25, -0.2) is 13.2 Å². The molecule has 0 radical (unpaired) electrons. The van der Waals surface area contributed by atoms with E-state index in [0.717, 1.165) is 11.1 Å². The van der Waals surface area contributed by atoms with Gasteiger partial charge in [0.25, 0.3) is 5.91 Å². The van der Waals surface area contributed by atoms with Crippen molar-refractivity contribution in [1.29, 1.82) is 0 Å². The lowest BCUT2D eigenvalue weighted by Gasteiger charge is -2.34. The number of aryl methyl sites for hydroxylation is 4. The number of imidazole rings is 1. The monoisotopic (exact) mass is 472 g/mol. The number of hydrogen-bond donors (Lipinski definition) is 0. The quantitative estimate of drug-likeness (QED) is 0.560. The molecule has 0 N–H and O–H groups in total. The molecule has 1 aliphatic rings. The molecule has 2 heterocycles. The number of benzene rings is 2. The molecule has 1 aromatic heterocycles. The van der Waals surface area contributed by atoms with Gasteiger partial charge in [0.15, 0.2) is 6.61 Å². The molecule has 1 saturated heterocycles. The molecule has 0 bridgehead atoms. The SMILES string of the molecule is Cc1ccc(OCC(=O)N2CCN(S(=O)(=O)c3ccc4c(c3)n(C)c(=O)n4C)CC2)cc1C. The van der Waals surface area contributed by atoms with Crippen LogP contribution in [0.3, 0.4) is 0 Å². The molecular formula is C23H28N4O5S. The molecule has 1 amide bonds. The number of carbonyl (C=O) groups is 1. The van der Waals surface area contributed by atoms with Gasteiger partial charge in [-0.2, -0.15) is 4.31 Å². The largest absolute Gasteiger partial charge is 0.484 e. The average Bonchev–Trinajstić information content (AvgIpc) is 3.03. The summed E-state index contributed by atoms with van der Waals surface area (Å²) >= 11 is 0. The Bertz CT molecular complexity index is 1380. The van der Waals surface area contributed by atoms with Gasteiger partial charge in [-0.1, -0.05) is 6.07 Å². The summed E-state index contributed by atoms with van der Waals surface area (Å²) in [5.74, 6) is 0.462. The highest BCUT2D eigenvalue weighted by Crippen LogP contribution is 2.22. The first kappa shape index (κ1) is 23.1. The van der Waals surface area contributed by atoms with E-state index in [0.29, 0.717) is 29.9 Å². The van der Waals surface area contributed by atoms with E-state index in [9.17, 15) is 18.0 Å². The fourth-order valence-corrected chi connectivity index (χ4v) is 5.46. The van der Waals surface area contributed by atoms with Gasteiger partial charge in [0.2, 0.25) is 10.0 Å². The predicted octanol–water partition coefficient (Wildman–Crippen LogP) is 1.41. The Hall–Kier alpha value is -3.11. The molecule has 10 heteroatoms. The average molecular weight is 473 g/mol. The zero-order chi connectivity index (χ0) is 23.9. The van der Waals surface area contributed by atoms with E-state index >= 15 is 0 Å². The van der Waals surface area contributed by atoms with Gasteiger partial charge in [-0.05, 0) is 55.3 Å². The first-order valence-electron chi connectivity index (χ1n) is 10.7. The predicted molar refractivity (Wildman–Crippen MR) is 125 cm³/mol. The Kier molecular flexibility index (Phi) is 6.06. The number of amides is 1. The molecule has 0 aliphatic carbocycles. The van der Waals surface area contributed by atoms with Crippen molar-refractivity contribution in [3.8, 4) is 5.75 Å². The standard InChI is InChI=1S/C23H28N4O5S/c1-16-5-6-18(13-17(16)2)32-15-22(28)26-9-11-27(12-10-26)33(30,31)19-7-8-20-21(14-19)25(4)23(29)24(20)3/h5-8,13-14H,9-12,15H2,1-4H3. The minimum atomic E-state index is -3.75. The highest BCUT2D eigenvalue weighted by Gasteiger charge is 2.30. The molecule has 176 valence electrons. The van der Waals surface area contributed by atoms with Gasteiger partial charge >= 0.3 is 5.69 Å². The highest BCUT2D eigenvalue weighted by molar-refractivity contribution is 7.89. The van der Waals surface area contributed by atoms with Crippen LogP contribution in [0.1, 0.15) is 11.1 Å². The molecular weight excluding hydrogens is 444 g/mol. The topological polar surface area (TPSA) is 93.8 Å². The summed E-state index contributed by atoms with van der Waals surface area (Å²) in [5, 5.41) is 0. The Labute approximate surface area is 192 Å². The van der Waals surface area contributed by atoms with Crippen LogP contribution in [0.4, 0.5) is 0 Å². The van der Waals surface area contributed by atoms with E-state index in [1.54, 1.807) is 25.1 Å². The van der Waals surface area contributed by atoms with Crippen LogP contribution in [-0.4, -0.2) is 65.5 Å². The van der Waals surface area contributed by atoms with E-state index in [1.165, 1.54) is 25.6 Å². The molecule has 33 heavy (non-hydrogen) atoms. The van der Waals surface area contributed by atoms with E-state index in [1.807, 2.05) is 32.0 Å². The highest BCUT2D eigenvalue weighted by atomic mass is 32.2. The number of carbonyl (C=O) groups excluding carboxylic acids is 1. The van der Waals surface area contributed by atoms with Crippen molar-refractivity contribution < 1.29 is 17.9 Å². The van der Waals surface area contributed by atoms with Crippen LogP contribution in [0.15, 0.2) is 46.1 Å². The zero-order valence-corrected chi connectivity index (χ0v) is 20.1. The second-order valence-corrected chi connectivity index (χ2v) is 10.3. The maximum absolute atomic E-state index is 13.2. The van der Waals surface area contributed by atoms with E-state index in [-0.39, 0.29) is 36.2 Å². The first-order chi connectivity index (χ1) is 15.6. The van der Waals surface area contributed by atoms with Gasteiger partial charge < -0.3 is 9.64 Å². The molecule has 0 unspecified atom stereocenters. The van der Waals surface area contributed by atoms with Crippen molar-refractivity contribution in [1.82, 2.24) is 18.3 Å². The first-order valence-corrected chi connectivity index (χ1v) is 12.2. The van der Waals surface area contributed by atoms with Crippen LogP contribution >= 0.6 is 0 Å². The maximum Gasteiger partial charge on any atom is 0.328 e. The third-order valence-corrected chi connectivity index (χ3v) is 8.21. The van der Waals surface area contributed by atoms with Gasteiger partial charge in [0.1, 0.15) is 5.75 Å². The fraction of sp³-hybridized carbons (Fsp3) is 0.391. The second-order valence-electron chi connectivity index (χ2n) is 8.37. The molecule has 3 aromatic rings. The second kappa shape index (κ2) is 8.68.